The molecular weight excluding hydrogens is 254 g/mol. The molecule has 1 nitrogen and oxygen atoms in total. The molecule has 0 radical (unpaired) electrons. The highest BCUT2D eigenvalue weighted by Gasteiger charge is 2.13. The van der Waals surface area contributed by atoms with Gasteiger partial charge in [-0.15, -0.1) is 0 Å². The maximum absolute atomic E-state index is 6.03. The molecule has 0 aliphatic rings. The molecule has 2 aromatic rings. The third-order valence-corrected chi connectivity index (χ3v) is 4.31. The number of benzene rings is 2. The lowest BCUT2D eigenvalue weighted by Crippen LogP contribution is -2.20. The minimum Gasteiger partial charge on any atom is -0.330 e. The van der Waals surface area contributed by atoms with E-state index in [1.165, 1.54) is 33.4 Å². The molecule has 21 heavy (non-hydrogen) atoms. The first-order valence-electron chi connectivity index (χ1n) is 7.82. The van der Waals surface area contributed by atoms with Crippen LogP contribution in [0.5, 0.6) is 0 Å². The lowest BCUT2D eigenvalue weighted by Gasteiger charge is -2.19. The van der Waals surface area contributed by atoms with Crippen molar-refractivity contribution in [3.8, 4) is 0 Å². The Bertz CT molecular complexity index is 573. The van der Waals surface area contributed by atoms with E-state index in [-0.39, 0.29) is 0 Å². The van der Waals surface area contributed by atoms with Crippen LogP contribution in [0.25, 0.3) is 0 Å². The van der Waals surface area contributed by atoms with Gasteiger partial charge in [-0.25, -0.2) is 0 Å². The van der Waals surface area contributed by atoms with Crippen molar-refractivity contribution >= 4 is 0 Å². The van der Waals surface area contributed by atoms with Crippen LogP contribution in [0.2, 0.25) is 0 Å². The normalized spacial score (nSPS) is 12.4. The van der Waals surface area contributed by atoms with E-state index >= 15 is 0 Å². The zero-order chi connectivity index (χ0) is 15.4. The van der Waals surface area contributed by atoms with Crippen molar-refractivity contribution in [2.24, 2.45) is 11.7 Å². The Hall–Kier alpha value is -1.60. The Kier molecular flexibility index (Phi) is 5.19. The standard InChI is InChI=1S/C20H27N/c1-14-5-7-18(8-6-14)11-19(13-21)12-20-16(3)9-15(2)10-17(20)4/h5-10,19H,11-13,21H2,1-4H3. The molecule has 1 heteroatoms. The first-order chi connectivity index (χ1) is 9.99. The van der Waals surface area contributed by atoms with Crippen LogP contribution in [-0.4, -0.2) is 6.54 Å². The first kappa shape index (κ1) is 15.8. The van der Waals surface area contributed by atoms with Gasteiger partial charge in [0.15, 0.2) is 0 Å². The van der Waals surface area contributed by atoms with Crippen molar-refractivity contribution in [2.45, 2.75) is 40.5 Å². The van der Waals surface area contributed by atoms with E-state index in [4.69, 9.17) is 5.73 Å². The predicted octanol–water partition coefficient (Wildman–Crippen LogP) is 4.28. The summed E-state index contributed by atoms with van der Waals surface area (Å²) in [6, 6.07) is 13.4. The Morgan fingerprint density at radius 3 is 1.90 bits per heavy atom. The minimum absolute atomic E-state index is 0.507. The molecule has 0 saturated carbocycles. The third kappa shape index (κ3) is 4.18. The zero-order valence-electron chi connectivity index (χ0n) is 13.7. The van der Waals surface area contributed by atoms with E-state index in [0.717, 1.165) is 19.4 Å². The van der Waals surface area contributed by atoms with Crippen LogP contribution in [0.1, 0.15) is 33.4 Å². The molecule has 0 spiro atoms. The summed E-state index contributed by atoms with van der Waals surface area (Å²) in [5.41, 5.74) is 14.3. The molecule has 0 fully saturated rings. The number of rotatable bonds is 5. The number of nitrogens with two attached hydrogens (primary N) is 1. The van der Waals surface area contributed by atoms with Gasteiger partial charge in [0.1, 0.15) is 0 Å². The molecule has 2 aromatic carbocycles. The van der Waals surface area contributed by atoms with E-state index < -0.39 is 0 Å². The fraction of sp³-hybridized carbons (Fsp3) is 0.400. The fourth-order valence-corrected chi connectivity index (χ4v) is 3.12. The largest absolute Gasteiger partial charge is 0.330 e. The van der Waals surface area contributed by atoms with Gasteiger partial charge < -0.3 is 5.73 Å². The molecule has 0 aromatic heterocycles. The van der Waals surface area contributed by atoms with E-state index in [1.54, 1.807) is 0 Å². The Morgan fingerprint density at radius 2 is 1.38 bits per heavy atom. The van der Waals surface area contributed by atoms with Gasteiger partial charge in [-0.2, -0.15) is 0 Å². The maximum Gasteiger partial charge on any atom is -0.00425 e. The zero-order valence-corrected chi connectivity index (χ0v) is 13.7. The van der Waals surface area contributed by atoms with Gasteiger partial charge in [0.2, 0.25) is 0 Å². The molecule has 1 unspecified atom stereocenters. The SMILES string of the molecule is Cc1ccc(CC(CN)Cc2c(C)cc(C)cc2C)cc1. The van der Waals surface area contributed by atoms with Crippen LogP contribution in [-0.2, 0) is 12.8 Å². The first-order valence-corrected chi connectivity index (χ1v) is 7.82. The average molecular weight is 281 g/mol. The molecule has 0 saturated heterocycles. The van der Waals surface area contributed by atoms with Gasteiger partial charge in [0.25, 0.3) is 0 Å². The Morgan fingerprint density at radius 1 is 0.810 bits per heavy atom. The Balaban J connectivity index is 2.14. The van der Waals surface area contributed by atoms with Gasteiger partial charge >= 0.3 is 0 Å². The van der Waals surface area contributed by atoms with E-state index in [0.29, 0.717) is 5.92 Å². The highest BCUT2D eigenvalue weighted by Crippen LogP contribution is 2.22. The predicted molar refractivity (Wildman–Crippen MR) is 91.8 cm³/mol. The van der Waals surface area contributed by atoms with Gasteiger partial charge in [-0.05, 0) is 75.3 Å². The molecular formula is C20H27N. The van der Waals surface area contributed by atoms with Crippen LogP contribution < -0.4 is 5.73 Å². The summed E-state index contributed by atoms with van der Waals surface area (Å²) in [5, 5.41) is 0. The summed E-state index contributed by atoms with van der Waals surface area (Å²) >= 11 is 0. The molecule has 1 atom stereocenters. The highest BCUT2D eigenvalue weighted by atomic mass is 14.5. The molecule has 112 valence electrons. The van der Waals surface area contributed by atoms with Crippen LogP contribution in [0.15, 0.2) is 36.4 Å². The molecule has 0 bridgehead atoms. The van der Waals surface area contributed by atoms with Crippen molar-refractivity contribution in [1.82, 2.24) is 0 Å². The summed E-state index contributed by atoms with van der Waals surface area (Å²) in [4.78, 5) is 0. The summed E-state index contributed by atoms with van der Waals surface area (Å²) in [6.07, 6.45) is 2.13. The molecule has 2 N–H and O–H groups in total. The van der Waals surface area contributed by atoms with Gasteiger partial charge in [-0.3, -0.25) is 0 Å². The topological polar surface area (TPSA) is 26.0 Å². The molecule has 0 aliphatic carbocycles. The van der Waals surface area contributed by atoms with Crippen LogP contribution in [0, 0.1) is 33.6 Å². The summed E-state index contributed by atoms with van der Waals surface area (Å²) in [6.45, 7) is 9.46. The van der Waals surface area contributed by atoms with Gasteiger partial charge in [-0.1, -0.05) is 47.5 Å². The van der Waals surface area contributed by atoms with Crippen molar-refractivity contribution in [3.63, 3.8) is 0 Å². The summed E-state index contributed by atoms with van der Waals surface area (Å²) < 4.78 is 0. The molecule has 2 rings (SSSR count). The van der Waals surface area contributed by atoms with Crippen LogP contribution in [0.3, 0.4) is 0 Å². The quantitative estimate of drug-likeness (QED) is 0.869. The lowest BCUT2D eigenvalue weighted by molar-refractivity contribution is 0.531. The molecule has 0 heterocycles. The number of hydrogen-bond acceptors (Lipinski definition) is 1. The number of hydrogen-bond donors (Lipinski definition) is 1. The fourth-order valence-electron chi connectivity index (χ4n) is 3.12. The van der Waals surface area contributed by atoms with Crippen molar-refractivity contribution < 1.29 is 0 Å². The van der Waals surface area contributed by atoms with E-state index in [1.807, 2.05) is 0 Å². The third-order valence-electron chi connectivity index (χ3n) is 4.31. The van der Waals surface area contributed by atoms with Gasteiger partial charge in [0, 0.05) is 0 Å². The Labute approximate surface area is 129 Å². The minimum atomic E-state index is 0.507. The average Bonchev–Trinajstić information content (AvgIpc) is 2.43. The van der Waals surface area contributed by atoms with Crippen LogP contribution in [0.4, 0.5) is 0 Å². The van der Waals surface area contributed by atoms with E-state index in [2.05, 4.69) is 64.1 Å². The monoisotopic (exact) mass is 281 g/mol. The molecule has 0 aliphatic heterocycles. The van der Waals surface area contributed by atoms with E-state index in [9.17, 15) is 0 Å². The molecule has 0 amide bonds. The number of aryl methyl sites for hydroxylation is 4. The summed E-state index contributed by atoms with van der Waals surface area (Å²) in [5.74, 6) is 0.507. The smallest absolute Gasteiger partial charge is 0.00425 e. The second-order valence-corrected chi connectivity index (χ2v) is 6.37. The van der Waals surface area contributed by atoms with Crippen molar-refractivity contribution in [1.29, 1.82) is 0 Å². The maximum atomic E-state index is 6.03. The summed E-state index contributed by atoms with van der Waals surface area (Å²) in [7, 11) is 0. The van der Waals surface area contributed by atoms with Crippen LogP contribution >= 0.6 is 0 Å². The van der Waals surface area contributed by atoms with Gasteiger partial charge in [0.05, 0.1) is 0 Å². The second kappa shape index (κ2) is 6.91. The second-order valence-electron chi connectivity index (χ2n) is 6.37. The van der Waals surface area contributed by atoms with Crippen molar-refractivity contribution in [2.75, 3.05) is 6.54 Å². The highest BCUT2D eigenvalue weighted by molar-refractivity contribution is 5.38. The van der Waals surface area contributed by atoms with Crippen molar-refractivity contribution in [3.05, 3.63) is 69.8 Å². The lowest BCUT2D eigenvalue weighted by atomic mass is 9.88.